The van der Waals surface area contributed by atoms with Crippen molar-refractivity contribution < 1.29 is 9.84 Å². The van der Waals surface area contributed by atoms with Crippen LogP contribution in [0.25, 0.3) is 0 Å². The standard InChI is InChI=1S/C15H14Cl3NO2/c1-2-11-12(17)7-13(15(20)14(11)18)19-8-21-10-5-3-4-9(16)6-10/h3-7,19-20H,2,8H2,1H3. The summed E-state index contributed by atoms with van der Waals surface area (Å²) in [6.45, 7) is 2.06. The fourth-order valence-corrected chi connectivity index (χ4v) is 2.76. The first-order chi connectivity index (χ1) is 10.0. The highest BCUT2D eigenvalue weighted by Crippen LogP contribution is 2.39. The van der Waals surface area contributed by atoms with Gasteiger partial charge in [0.25, 0.3) is 0 Å². The van der Waals surface area contributed by atoms with Crippen LogP contribution >= 0.6 is 34.8 Å². The Morgan fingerprint density at radius 3 is 2.62 bits per heavy atom. The molecule has 0 bridgehead atoms. The molecule has 0 aliphatic heterocycles. The van der Waals surface area contributed by atoms with Gasteiger partial charge in [-0.25, -0.2) is 0 Å². The molecular weight excluding hydrogens is 333 g/mol. The van der Waals surface area contributed by atoms with Crippen LogP contribution in [0.15, 0.2) is 30.3 Å². The van der Waals surface area contributed by atoms with Crippen molar-refractivity contribution in [2.24, 2.45) is 0 Å². The lowest BCUT2D eigenvalue weighted by Crippen LogP contribution is -2.09. The third kappa shape index (κ3) is 3.88. The van der Waals surface area contributed by atoms with Crippen molar-refractivity contribution in [1.82, 2.24) is 0 Å². The minimum absolute atomic E-state index is 0.0346. The molecule has 0 aliphatic carbocycles. The molecule has 0 heterocycles. The van der Waals surface area contributed by atoms with E-state index in [1.807, 2.05) is 6.92 Å². The number of anilines is 1. The van der Waals surface area contributed by atoms with Gasteiger partial charge in [0.15, 0.2) is 12.5 Å². The largest absolute Gasteiger partial charge is 0.504 e. The molecule has 0 aliphatic rings. The highest BCUT2D eigenvalue weighted by molar-refractivity contribution is 6.37. The molecule has 0 fully saturated rings. The number of aromatic hydroxyl groups is 1. The summed E-state index contributed by atoms with van der Waals surface area (Å²) in [6, 6.07) is 8.66. The molecule has 2 aromatic carbocycles. The van der Waals surface area contributed by atoms with Gasteiger partial charge in [0.2, 0.25) is 0 Å². The molecule has 2 N–H and O–H groups in total. The maximum absolute atomic E-state index is 10.0. The van der Waals surface area contributed by atoms with Crippen LogP contribution in [0.1, 0.15) is 12.5 Å². The number of halogens is 3. The second kappa shape index (κ2) is 7.12. The fraction of sp³-hybridized carbons (Fsp3) is 0.200. The summed E-state index contributed by atoms with van der Waals surface area (Å²) in [6.07, 6.45) is 0.643. The van der Waals surface area contributed by atoms with Gasteiger partial charge < -0.3 is 15.2 Å². The van der Waals surface area contributed by atoms with Crippen LogP contribution in [0, 0.1) is 0 Å². The number of hydrogen-bond acceptors (Lipinski definition) is 3. The summed E-state index contributed by atoms with van der Waals surface area (Å²) < 4.78 is 5.49. The van der Waals surface area contributed by atoms with E-state index in [4.69, 9.17) is 39.5 Å². The maximum Gasteiger partial charge on any atom is 0.159 e. The van der Waals surface area contributed by atoms with Gasteiger partial charge in [0.1, 0.15) is 5.75 Å². The van der Waals surface area contributed by atoms with Crippen molar-refractivity contribution in [2.75, 3.05) is 12.0 Å². The third-order valence-electron chi connectivity index (χ3n) is 2.94. The number of phenols is 1. The Labute approximate surface area is 138 Å². The summed E-state index contributed by atoms with van der Waals surface area (Å²) in [5, 5.41) is 14.3. The highest BCUT2D eigenvalue weighted by Gasteiger charge is 2.14. The van der Waals surface area contributed by atoms with E-state index in [1.165, 1.54) is 0 Å². The molecule has 3 nitrogen and oxygen atoms in total. The Kier molecular flexibility index (Phi) is 5.45. The SMILES string of the molecule is CCc1c(Cl)cc(NCOc2cccc(Cl)c2)c(O)c1Cl. The Hall–Kier alpha value is -1.29. The zero-order chi connectivity index (χ0) is 15.4. The molecular formula is C15H14Cl3NO2. The molecule has 0 atom stereocenters. The average Bonchev–Trinajstić information content (AvgIpc) is 2.45. The van der Waals surface area contributed by atoms with E-state index in [0.717, 1.165) is 5.56 Å². The van der Waals surface area contributed by atoms with Crippen LogP contribution in [-0.2, 0) is 6.42 Å². The first-order valence-corrected chi connectivity index (χ1v) is 7.48. The molecule has 0 amide bonds. The van der Waals surface area contributed by atoms with Gasteiger partial charge in [-0.3, -0.25) is 0 Å². The summed E-state index contributed by atoms with van der Waals surface area (Å²) in [5.74, 6) is 0.587. The Morgan fingerprint density at radius 2 is 1.95 bits per heavy atom. The lowest BCUT2D eigenvalue weighted by molar-refractivity contribution is 0.345. The van der Waals surface area contributed by atoms with Gasteiger partial charge in [-0.2, -0.15) is 0 Å². The lowest BCUT2D eigenvalue weighted by atomic mass is 10.1. The minimum Gasteiger partial charge on any atom is -0.504 e. The van der Waals surface area contributed by atoms with E-state index in [9.17, 15) is 5.11 Å². The van der Waals surface area contributed by atoms with Gasteiger partial charge in [-0.05, 0) is 36.2 Å². The maximum atomic E-state index is 10.0. The lowest BCUT2D eigenvalue weighted by Gasteiger charge is -2.14. The first-order valence-electron chi connectivity index (χ1n) is 6.35. The first kappa shape index (κ1) is 16.1. The molecule has 0 saturated carbocycles. The van der Waals surface area contributed by atoms with E-state index in [2.05, 4.69) is 5.32 Å². The minimum atomic E-state index is -0.0346. The summed E-state index contributed by atoms with van der Waals surface area (Å²) in [5.41, 5.74) is 1.14. The van der Waals surface area contributed by atoms with Crippen molar-refractivity contribution in [3.63, 3.8) is 0 Å². The molecule has 2 rings (SSSR count). The zero-order valence-electron chi connectivity index (χ0n) is 11.3. The van der Waals surface area contributed by atoms with Gasteiger partial charge in [-0.1, -0.05) is 47.8 Å². The van der Waals surface area contributed by atoms with E-state index in [1.54, 1.807) is 30.3 Å². The monoisotopic (exact) mass is 345 g/mol. The molecule has 0 unspecified atom stereocenters. The molecule has 21 heavy (non-hydrogen) atoms. The van der Waals surface area contributed by atoms with Gasteiger partial charge >= 0.3 is 0 Å². The molecule has 112 valence electrons. The van der Waals surface area contributed by atoms with Crippen LogP contribution in [-0.4, -0.2) is 11.8 Å². The van der Waals surface area contributed by atoms with Gasteiger partial charge in [0.05, 0.1) is 10.7 Å². The summed E-state index contributed by atoms with van der Waals surface area (Å²) in [7, 11) is 0. The number of rotatable bonds is 5. The van der Waals surface area contributed by atoms with Crippen LogP contribution < -0.4 is 10.1 Å². The quantitative estimate of drug-likeness (QED) is 0.565. The van der Waals surface area contributed by atoms with Crippen LogP contribution in [0.2, 0.25) is 15.1 Å². The number of benzene rings is 2. The van der Waals surface area contributed by atoms with Crippen molar-refractivity contribution >= 4 is 40.5 Å². The Bertz CT molecular complexity index is 647. The van der Waals surface area contributed by atoms with Crippen molar-refractivity contribution in [1.29, 1.82) is 0 Å². The fourth-order valence-electron chi connectivity index (χ4n) is 1.86. The second-order valence-corrected chi connectivity index (χ2v) is 5.55. The highest BCUT2D eigenvalue weighted by atomic mass is 35.5. The van der Waals surface area contributed by atoms with Crippen molar-refractivity contribution in [2.45, 2.75) is 13.3 Å². The number of phenolic OH excluding ortho intramolecular Hbond substituents is 1. The van der Waals surface area contributed by atoms with E-state index in [-0.39, 0.29) is 17.5 Å². The number of nitrogens with one attached hydrogen (secondary N) is 1. The summed E-state index contributed by atoms with van der Waals surface area (Å²) in [4.78, 5) is 0. The van der Waals surface area contributed by atoms with Gasteiger partial charge in [0, 0.05) is 10.0 Å². The topological polar surface area (TPSA) is 41.5 Å². The van der Waals surface area contributed by atoms with E-state index in [0.29, 0.717) is 27.9 Å². The predicted molar refractivity (Wildman–Crippen MR) is 88.1 cm³/mol. The molecule has 2 aromatic rings. The number of ether oxygens (including phenoxy) is 1. The van der Waals surface area contributed by atoms with Gasteiger partial charge in [-0.15, -0.1) is 0 Å². The van der Waals surface area contributed by atoms with Crippen LogP contribution in [0.3, 0.4) is 0 Å². The third-order valence-corrected chi connectivity index (χ3v) is 3.92. The van der Waals surface area contributed by atoms with E-state index < -0.39 is 0 Å². The molecule has 0 aromatic heterocycles. The van der Waals surface area contributed by atoms with Crippen molar-refractivity contribution in [3.05, 3.63) is 51.0 Å². The predicted octanol–water partition coefficient (Wildman–Crippen LogP) is 5.36. The molecule has 0 radical (unpaired) electrons. The Morgan fingerprint density at radius 1 is 1.19 bits per heavy atom. The molecule has 6 heteroatoms. The smallest absolute Gasteiger partial charge is 0.159 e. The summed E-state index contributed by atoms with van der Waals surface area (Å²) >= 11 is 18.1. The average molecular weight is 347 g/mol. The normalized spacial score (nSPS) is 10.5. The molecule has 0 spiro atoms. The van der Waals surface area contributed by atoms with E-state index >= 15 is 0 Å². The van der Waals surface area contributed by atoms with Crippen LogP contribution in [0.5, 0.6) is 11.5 Å². The number of hydrogen-bond donors (Lipinski definition) is 2. The molecule has 0 saturated heterocycles. The zero-order valence-corrected chi connectivity index (χ0v) is 13.6. The van der Waals surface area contributed by atoms with Crippen LogP contribution in [0.4, 0.5) is 5.69 Å². The van der Waals surface area contributed by atoms with Crippen molar-refractivity contribution in [3.8, 4) is 11.5 Å². The Balaban J connectivity index is 2.07. The second-order valence-electron chi connectivity index (χ2n) is 4.32.